The van der Waals surface area contributed by atoms with Gasteiger partial charge in [0, 0.05) is 0 Å². The van der Waals surface area contributed by atoms with Gasteiger partial charge >= 0.3 is 39.6 Å². The summed E-state index contributed by atoms with van der Waals surface area (Å²) < 4.78 is 0. The number of aromatic amines is 1. The molecule has 1 N–H and O–H groups in total. The van der Waals surface area contributed by atoms with Crippen molar-refractivity contribution in [1.82, 2.24) is 4.98 Å². The molecule has 0 saturated heterocycles. The van der Waals surface area contributed by atoms with Crippen molar-refractivity contribution < 1.29 is 11.3 Å². The Kier molecular flexibility index (Phi) is 10.2. The van der Waals surface area contributed by atoms with Gasteiger partial charge in [-0.3, -0.25) is 9.98 Å². The average molecular weight is 601 g/mol. The third kappa shape index (κ3) is 7.02. The van der Waals surface area contributed by atoms with Gasteiger partial charge in [0.05, 0.1) is 34.2 Å². The monoisotopic (exact) mass is 599 g/mol. The van der Waals surface area contributed by atoms with E-state index in [-0.39, 0.29) is 0 Å². The summed E-state index contributed by atoms with van der Waals surface area (Å²) >= 11 is 7.00. The van der Waals surface area contributed by atoms with Crippen molar-refractivity contribution in [1.29, 1.82) is 0 Å². The molecule has 0 aliphatic carbocycles. The van der Waals surface area contributed by atoms with Crippen molar-refractivity contribution in [3.05, 3.63) is 81.2 Å². The summed E-state index contributed by atoms with van der Waals surface area (Å²) in [5, 5.41) is 0. The third-order valence-corrected chi connectivity index (χ3v) is 5.30. The number of H-pyrrole nitrogens is 1. The summed E-state index contributed by atoms with van der Waals surface area (Å²) in [5.74, 6) is 0. The van der Waals surface area contributed by atoms with E-state index >= 15 is 0 Å². The van der Waals surface area contributed by atoms with E-state index in [2.05, 4.69) is 125 Å². The summed E-state index contributed by atoms with van der Waals surface area (Å²) in [7, 11) is 0. The Bertz CT molecular complexity index is 1030. The maximum absolute atomic E-state index is 4.91. The normalized spacial score (nSPS) is 12.1. The van der Waals surface area contributed by atoms with Crippen LogP contribution in [0, 0.1) is 41.5 Å². The SMILES string of the molecule is CC(=Nc1c(C)cc(C)cc1C)c1ccc(C(C)=Nc2c(C)cc(C)cc2C)[nH]1.[Br][Fe][Br]. The molecule has 0 bridgehead atoms. The van der Waals surface area contributed by atoms with Crippen LogP contribution >= 0.6 is 28.2 Å². The van der Waals surface area contributed by atoms with Crippen molar-refractivity contribution in [2.75, 3.05) is 0 Å². The number of rotatable bonds is 4. The molecule has 0 aliphatic rings. The van der Waals surface area contributed by atoms with Crippen LogP contribution < -0.4 is 0 Å². The summed E-state index contributed by atoms with van der Waals surface area (Å²) in [6, 6.07) is 12.9. The van der Waals surface area contributed by atoms with Crippen LogP contribution in [0.25, 0.3) is 0 Å². The third-order valence-electron chi connectivity index (χ3n) is 5.30. The zero-order valence-electron chi connectivity index (χ0n) is 20.0. The Balaban J connectivity index is 0.00000114. The average Bonchev–Trinajstić information content (AvgIpc) is 3.18. The second kappa shape index (κ2) is 12.1. The van der Waals surface area contributed by atoms with Crippen molar-refractivity contribution in [2.45, 2.75) is 55.4 Å². The number of aliphatic imine (C=N–C) groups is 2. The molecule has 6 heteroatoms. The standard InChI is InChI=1S/C26H31N3.2BrH.Fe/c1-15-11-17(3)25(18(4)12-15)27-21(7)23-9-10-24(29-23)22(8)28-26-19(5)13-16(2)14-20(26)6;;;/h9-14,29H,1-8H3;2*1H;/q;;;+2/p-2. The van der Waals surface area contributed by atoms with Gasteiger partial charge in [-0.25, -0.2) is 0 Å². The van der Waals surface area contributed by atoms with E-state index < -0.39 is 0 Å². The van der Waals surface area contributed by atoms with Gasteiger partial charge in [-0.2, -0.15) is 0 Å². The molecule has 0 radical (unpaired) electrons. The Labute approximate surface area is 212 Å². The predicted octanol–water partition coefficient (Wildman–Crippen LogP) is 8.84. The number of benzene rings is 2. The molecule has 172 valence electrons. The molecule has 3 rings (SSSR count). The van der Waals surface area contributed by atoms with Crippen LogP contribution in [0.4, 0.5) is 11.4 Å². The molecule has 0 fully saturated rings. The summed E-state index contributed by atoms with van der Waals surface area (Å²) in [4.78, 5) is 13.3. The van der Waals surface area contributed by atoms with Crippen LogP contribution in [0.5, 0.6) is 0 Å². The molecule has 0 aliphatic heterocycles. The minimum absolute atomic E-state index is 0.875. The Hall–Kier alpha value is -1.46. The van der Waals surface area contributed by atoms with Crippen molar-refractivity contribution in [3.63, 3.8) is 0 Å². The van der Waals surface area contributed by atoms with Gasteiger partial charge in [-0.15, -0.1) is 0 Å². The predicted molar refractivity (Wildman–Crippen MR) is 144 cm³/mol. The van der Waals surface area contributed by atoms with Gasteiger partial charge in [0.2, 0.25) is 0 Å². The van der Waals surface area contributed by atoms with E-state index in [1.807, 2.05) is 0 Å². The number of halogens is 2. The molecule has 1 heterocycles. The van der Waals surface area contributed by atoms with Crippen LogP contribution in [-0.2, 0) is 11.3 Å². The van der Waals surface area contributed by atoms with Crippen LogP contribution in [0.1, 0.15) is 58.6 Å². The van der Waals surface area contributed by atoms with E-state index in [4.69, 9.17) is 9.98 Å². The van der Waals surface area contributed by atoms with E-state index in [0.29, 0.717) is 0 Å². The second-order valence-corrected chi connectivity index (χ2v) is 13.8. The van der Waals surface area contributed by atoms with E-state index in [9.17, 15) is 0 Å². The first-order valence-electron chi connectivity index (χ1n) is 10.4. The van der Waals surface area contributed by atoms with Crippen LogP contribution in [0.3, 0.4) is 0 Å². The zero-order valence-corrected chi connectivity index (χ0v) is 24.2. The van der Waals surface area contributed by atoms with Gasteiger partial charge < -0.3 is 4.98 Å². The number of nitrogens with one attached hydrogen (secondary N) is 1. The Morgan fingerprint density at radius 1 is 0.656 bits per heavy atom. The number of nitrogens with zero attached hydrogens (tertiary/aromatic N) is 2. The molecule has 0 saturated carbocycles. The number of hydrogen-bond acceptors (Lipinski definition) is 2. The van der Waals surface area contributed by atoms with Gasteiger partial charge in [0.1, 0.15) is 0 Å². The molecule has 1 aromatic heterocycles. The molecule has 32 heavy (non-hydrogen) atoms. The minimum atomic E-state index is 0.875. The molecule has 0 spiro atoms. The number of aryl methyl sites for hydroxylation is 6. The fraction of sp³-hybridized carbons (Fsp3) is 0.308. The van der Waals surface area contributed by atoms with E-state index in [1.54, 1.807) is 0 Å². The topological polar surface area (TPSA) is 40.5 Å². The fourth-order valence-electron chi connectivity index (χ4n) is 3.97. The van der Waals surface area contributed by atoms with Crippen LogP contribution in [-0.4, -0.2) is 16.4 Å². The molecular formula is C26H31Br2FeN3. The fourth-order valence-corrected chi connectivity index (χ4v) is 3.97. The zero-order chi connectivity index (χ0) is 24.0. The van der Waals surface area contributed by atoms with Gasteiger partial charge in [-0.1, -0.05) is 35.4 Å². The van der Waals surface area contributed by atoms with Gasteiger partial charge in [0.25, 0.3) is 0 Å². The number of aromatic nitrogens is 1. The maximum atomic E-state index is 4.91. The second-order valence-electron chi connectivity index (χ2n) is 8.23. The van der Waals surface area contributed by atoms with Gasteiger partial charge in [0.15, 0.2) is 0 Å². The Morgan fingerprint density at radius 3 is 1.22 bits per heavy atom. The molecule has 0 unspecified atom stereocenters. The van der Waals surface area contributed by atoms with E-state index in [0.717, 1.165) is 45.5 Å². The van der Waals surface area contributed by atoms with Gasteiger partial charge in [-0.05, 0) is 89.8 Å². The van der Waals surface area contributed by atoms with Crippen molar-refractivity contribution in [2.24, 2.45) is 9.98 Å². The van der Waals surface area contributed by atoms with Crippen molar-refractivity contribution in [3.8, 4) is 0 Å². The first-order chi connectivity index (χ1) is 15.1. The molecule has 0 atom stereocenters. The molecule has 3 nitrogen and oxygen atoms in total. The summed E-state index contributed by atoms with van der Waals surface area (Å²) in [5.41, 5.74) is 13.5. The van der Waals surface area contributed by atoms with E-state index in [1.165, 1.54) is 33.4 Å². The molecule has 2 aromatic carbocycles. The Morgan fingerprint density at radius 2 is 0.938 bits per heavy atom. The first kappa shape index (κ1) is 26.8. The summed E-state index contributed by atoms with van der Waals surface area (Å²) in [6.07, 6.45) is 0. The van der Waals surface area contributed by atoms with Crippen LogP contribution in [0.2, 0.25) is 0 Å². The molecule has 3 aromatic rings. The first-order valence-corrected chi connectivity index (χ1v) is 15.8. The quantitative estimate of drug-likeness (QED) is 0.230. The molecule has 0 amide bonds. The van der Waals surface area contributed by atoms with Crippen LogP contribution in [0.15, 0.2) is 46.4 Å². The summed E-state index contributed by atoms with van der Waals surface area (Å²) in [6.45, 7) is 16.8. The number of hydrogen-bond donors (Lipinski definition) is 1. The van der Waals surface area contributed by atoms with Crippen molar-refractivity contribution >= 4 is 51.0 Å². The molecular weight excluding hydrogens is 570 g/mol.